The third kappa shape index (κ3) is 3.19. The number of aliphatic carboxylic acids is 1. The molecular weight excluding hydrogens is 204 g/mol. The Bertz CT molecular complexity index is 368. The average molecular weight is 215 g/mol. The predicted octanol–water partition coefficient (Wildman–Crippen LogP) is 1.88. The van der Waals surface area contributed by atoms with Gasteiger partial charge >= 0.3 is 5.97 Å². The van der Waals surface area contributed by atoms with E-state index in [1.807, 2.05) is 0 Å². The molecule has 1 N–H and O–H groups in total. The molecule has 3 nitrogen and oxygen atoms in total. The van der Waals surface area contributed by atoms with Crippen LogP contribution in [0.4, 0.5) is 14.5 Å². The minimum absolute atomic E-state index is 0.0900. The van der Waals surface area contributed by atoms with Crippen molar-refractivity contribution in [1.82, 2.24) is 0 Å². The summed E-state index contributed by atoms with van der Waals surface area (Å²) < 4.78 is 25.8. The summed E-state index contributed by atoms with van der Waals surface area (Å²) in [7, 11) is 1.55. The normalized spacial score (nSPS) is 10.1. The molecule has 0 aliphatic carbocycles. The van der Waals surface area contributed by atoms with Crippen LogP contribution in [-0.2, 0) is 4.79 Å². The van der Waals surface area contributed by atoms with E-state index < -0.39 is 17.6 Å². The van der Waals surface area contributed by atoms with Gasteiger partial charge in [0, 0.05) is 19.7 Å². The summed E-state index contributed by atoms with van der Waals surface area (Å²) in [6.07, 6.45) is -0.0900. The van der Waals surface area contributed by atoms with Crippen LogP contribution in [0.1, 0.15) is 6.42 Å². The van der Waals surface area contributed by atoms with Crippen LogP contribution in [0.2, 0.25) is 0 Å². The zero-order chi connectivity index (χ0) is 11.4. The van der Waals surface area contributed by atoms with E-state index in [0.717, 1.165) is 12.1 Å². The van der Waals surface area contributed by atoms with E-state index in [4.69, 9.17) is 5.11 Å². The quantitative estimate of drug-likeness (QED) is 0.833. The number of hydrogen-bond acceptors (Lipinski definition) is 2. The molecule has 15 heavy (non-hydrogen) atoms. The molecule has 82 valence electrons. The highest BCUT2D eigenvalue weighted by Gasteiger charge is 2.09. The fourth-order valence-electron chi connectivity index (χ4n) is 1.17. The van der Waals surface area contributed by atoms with E-state index in [1.54, 1.807) is 7.05 Å². The summed E-state index contributed by atoms with van der Waals surface area (Å²) >= 11 is 0. The van der Waals surface area contributed by atoms with Crippen LogP contribution in [0.15, 0.2) is 18.2 Å². The van der Waals surface area contributed by atoms with Crippen LogP contribution >= 0.6 is 0 Å². The number of nitrogens with zero attached hydrogens (tertiary/aromatic N) is 1. The number of carboxylic acid groups (broad SMARTS) is 1. The topological polar surface area (TPSA) is 40.5 Å². The molecule has 0 heterocycles. The Hall–Kier alpha value is -1.65. The minimum Gasteiger partial charge on any atom is -0.481 e. The van der Waals surface area contributed by atoms with Gasteiger partial charge in [-0.1, -0.05) is 0 Å². The van der Waals surface area contributed by atoms with Gasteiger partial charge in [0.2, 0.25) is 0 Å². The number of rotatable bonds is 4. The zero-order valence-corrected chi connectivity index (χ0v) is 8.20. The van der Waals surface area contributed by atoms with Crippen molar-refractivity contribution in [2.24, 2.45) is 0 Å². The first-order valence-corrected chi connectivity index (χ1v) is 4.38. The lowest BCUT2D eigenvalue weighted by Crippen LogP contribution is -2.22. The number of carbonyl (C=O) groups is 1. The average Bonchev–Trinajstić information content (AvgIpc) is 2.14. The van der Waals surface area contributed by atoms with E-state index in [9.17, 15) is 13.6 Å². The molecule has 1 rings (SSSR count). The van der Waals surface area contributed by atoms with Gasteiger partial charge < -0.3 is 10.0 Å². The third-order valence-corrected chi connectivity index (χ3v) is 1.98. The van der Waals surface area contributed by atoms with Crippen LogP contribution in [0.25, 0.3) is 0 Å². The van der Waals surface area contributed by atoms with Crippen molar-refractivity contribution >= 4 is 11.7 Å². The Morgan fingerprint density at radius 2 is 2.13 bits per heavy atom. The molecule has 0 spiro atoms. The molecule has 0 radical (unpaired) electrons. The number of benzene rings is 1. The summed E-state index contributed by atoms with van der Waals surface area (Å²) in [5.41, 5.74) is 0.192. The summed E-state index contributed by atoms with van der Waals surface area (Å²) in [4.78, 5) is 11.7. The fourth-order valence-corrected chi connectivity index (χ4v) is 1.17. The molecule has 0 aliphatic heterocycles. The molecule has 0 saturated carbocycles. The predicted molar refractivity (Wildman–Crippen MR) is 51.9 cm³/mol. The van der Waals surface area contributed by atoms with Crippen LogP contribution in [0, 0.1) is 11.6 Å². The molecule has 1 aromatic rings. The lowest BCUT2D eigenvalue weighted by atomic mass is 10.2. The van der Waals surface area contributed by atoms with Crippen molar-refractivity contribution < 1.29 is 18.7 Å². The number of halogens is 2. The second kappa shape index (κ2) is 4.72. The monoisotopic (exact) mass is 215 g/mol. The van der Waals surface area contributed by atoms with Crippen molar-refractivity contribution in [1.29, 1.82) is 0 Å². The van der Waals surface area contributed by atoms with E-state index in [1.165, 1.54) is 11.0 Å². The second-order valence-corrected chi connectivity index (χ2v) is 3.16. The molecule has 0 saturated heterocycles. The molecule has 0 atom stereocenters. The Balaban J connectivity index is 2.73. The van der Waals surface area contributed by atoms with Gasteiger partial charge in [-0.2, -0.15) is 0 Å². The van der Waals surface area contributed by atoms with Gasteiger partial charge in [-0.25, -0.2) is 8.78 Å². The Kier molecular flexibility index (Phi) is 3.60. The maximum Gasteiger partial charge on any atom is 0.305 e. The van der Waals surface area contributed by atoms with E-state index in [2.05, 4.69) is 0 Å². The van der Waals surface area contributed by atoms with Crippen molar-refractivity contribution in [3.05, 3.63) is 29.8 Å². The van der Waals surface area contributed by atoms with Crippen molar-refractivity contribution in [3.8, 4) is 0 Å². The largest absolute Gasteiger partial charge is 0.481 e. The van der Waals surface area contributed by atoms with Crippen molar-refractivity contribution in [3.63, 3.8) is 0 Å². The molecule has 1 aromatic carbocycles. The fraction of sp³-hybridized carbons (Fsp3) is 0.300. The third-order valence-electron chi connectivity index (χ3n) is 1.98. The first-order valence-electron chi connectivity index (χ1n) is 4.38. The van der Waals surface area contributed by atoms with E-state index in [0.29, 0.717) is 0 Å². The van der Waals surface area contributed by atoms with Crippen LogP contribution in [0.5, 0.6) is 0 Å². The Morgan fingerprint density at radius 1 is 1.47 bits per heavy atom. The second-order valence-electron chi connectivity index (χ2n) is 3.16. The smallest absolute Gasteiger partial charge is 0.305 e. The van der Waals surface area contributed by atoms with Crippen LogP contribution < -0.4 is 4.90 Å². The SMILES string of the molecule is CN(CCC(=O)O)c1ccc(F)cc1F. The first-order chi connectivity index (χ1) is 7.00. The number of hydrogen-bond donors (Lipinski definition) is 1. The molecule has 0 amide bonds. The van der Waals surface area contributed by atoms with E-state index >= 15 is 0 Å². The van der Waals surface area contributed by atoms with E-state index in [-0.39, 0.29) is 18.7 Å². The first kappa shape index (κ1) is 11.4. The standard InChI is InChI=1S/C10H11F2NO2/c1-13(5-4-10(14)15)9-3-2-7(11)6-8(9)12/h2-3,6H,4-5H2,1H3,(H,14,15). The zero-order valence-electron chi connectivity index (χ0n) is 8.20. The summed E-state index contributed by atoms with van der Waals surface area (Å²) in [6.45, 7) is 0.178. The van der Waals surface area contributed by atoms with Gasteiger partial charge in [0.05, 0.1) is 12.1 Å². The van der Waals surface area contributed by atoms with Gasteiger partial charge in [-0.15, -0.1) is 0 Å². The molecule has 0 bridgehead atoms. The highest BCUT2D eigenvalue weighted by atomic mass is 19.1. The van der Waals surface area contributed by atoms with Crippen LogP contribution in [0.3, 0.4) is 0 Å². The molecular formula is C10H11F2NO2. The van der Waals surface area contributed by atoms with Crippen molar-refractivity contribution in [2.75, 3.05) is 18.5 Å². The Labute approximate surface area is 85.9 Å². The lowest BCUT2D eigenvalue weighted by molar-refractivity contribution is -0.136. The van der Waals surface area contributed by atoms with Crippen LogP contribution in [-0.4, -0.2) is 24.7 Å². The van der Waals surface area contributed by atoms with Gasteiger partial charge in [-0.05, 0) is 12.1 Å². The molecule has 0 aromatic heterocycles. The molecule has 5 heteroatoms. The van der Waals surface area contributed by atoms with Gasteiger partial charge in [0.25, 0.3) is 0 Å². The molecule has 0 unspecified atom stereocenters. The highest BCUT2D eigenvalue weighted by Crippen LogP contribution is 2.18. The highest BCUT2D eigenvalue weighted by molar-refractivity contribution is 5.67. The molecule has 0 fully saturated rings. The van der Waals surface area contributed by atoms with Crippen molar-refractivity contribution in [2.45, 2.75) is 6.42 Å². The Morgan fingerprint density at radius 3 is 2.67 bits per heavy atom. The summed E-state index contributed by atoms with van der Waals surface area (Å²) in [5.74, 6) is -2.30. The van der Waals surface area contributed by atoms with Gasteiger partial charge in [0.15, 0.2) is 0 Å². The van der Waals surface area contributed by atoms with Gasteiger partial charge in [0.1, 0.15) is 11.6 Å². The maximum atomic E-state index is 13.2. The number of carboxylic acids is 1. The lowest BCUT2D eigenvalue weighted by Gasteiger charge is -2.18. The summed E-state index contributed by atoms with van der Waals surface area (Å²) in [5, 5.41) is 8.44. The summed E-state index contributed by atoms with van der Waals surface area (Å²) in [6, 6.07) is 3.19. The molecule has 0 aliphatic rings. The number of anilines is 1. The minimum atomic E-state index is -0.954. The van der Waals surface area contributed by atoms with Gasteiger partial charge in [-0.3, -0.25) is 4.79 Å². The maximum absolute atomic E-state index is 13.2.